The average molecular weight is 362 g/mol. The number of nitro benzene ring substituents is 1. The van der Waals surface area contributed by atoms with Crippen molar-refractivity contribution in [2.24, 2.45) is 0 Å². The number of ether oxygens (including phenoxy) is 2. The van der Waals surface area contributed by atoms with Crippen LogP contribution in [-0.4, -0.2) is 49.0 Å². The fourth-order valence-corrected chi connectivity index (χ4v) is 2.99. The summed E-state index contributed by atoms with van der Waals surface area (Å²) in [4.78, 5) is 25.5. The van der Waals surface area contributed by atoms with Crippen molar-refractivity contribution >= 4 is 17.5 Å². The molecule has 7 nitrogen and oxygen atoms in total. The molecule has 0 saturated carbocycles. The standard InChI is InChI=1S/C19H26N2O5/c1-4-7-20-8-6-17(22)15(13-20)10-14-11-16(21(23)24)19(26-9-5-2)18(12-14)25-3/h10-12H,4-9,13H2,1-3H3/b15-10+. The quantitative estimate of drug-likeness (QED) is 0.400. The number of methoxy groups -OCH3 is 1. The van der Waals surface area contributed by atoms with Crippen molar-refractivity contribution in [1.82, 2.24) is 4.90 Å². The Kier molecular flexibility index (Phi) is 7.15. The first kappa shape index (κ1) is 19.9. The molecule has 7 heteroatoms. The molecule has 26 heavy (non-hydrogen) atoms. The summed E-state index contributed by atoms with van der Waals surface area (Å²) >= 11 is 0. The number of likely N-dealkylation sites (tertiary alicyclic amines) is 1. The van der Waals surface area contributed by atoms with Crippen molar-refractivity contribution in [2.45, 2.75) is 33.1 Å². The van der Waals surface area contributed by atoms with Gasteiger partial charge < -0.3 is 9.47 Å². The van der Waals surface area contributed by atoms with Gasteiger partial charge in [-0.2, -0.15) is 0 Å². The molecule has 1 heterocycles. The molecule has 0 bridgehead atoms. The molecule has 0 unspecified atom stereocenters. The third kappa shape index (κ3) is 4.82. The second kappa shape index (κ2) is 9.33. The number of nitro groups is 1. The van der Waals surface area contributed by atoms with Crippen LogP contribution in [-0.2, 0) is 4.79 Å². The highest BCUT2D eigenvalue weighted by Crippen LogP contribution is 2.39. The number of hydrogen-bond acceptors (Lipinski definition) is 6. The Labute approximate surface area is 153 Å². The molecule has 142 valence electrons. The van der Waals surface area contributed by atoms with E-state index in [0.717, 1.165) is 25.9 Å². The summed E-state index contributed by atoms with van der Waals surface area (Å²) in [5, 5.41) is 11.5. The van der Waals surface area contributed by atoms with Gasteiger partial charge in [0, 0.05) is 31.1 Å². The molecule has 0 radical (unpaired) electrons. The van der Waals surface area contributed by atoms with E-state index in [9.17, 15) is 14.9 Å². The Morgan fingerprint density at radius 2 is 2.08 bits per heavy atom. The number of hydrogen-bond donors (Lipinski definition) is 0. The summed E-state index contributed by atoms with van der Waals surface area (Å²) in [7, 11) is 1.45. The van der Waals surface area contributed by atoms with Gasteiger partial charge >= 0.3 is 5.69 Å². The van der Waals surface area contributed by atoms with Crippen LogP contribution in [0.2, 0.25) is 0 Å². The average Bonchev–Trinajstić information content (AvgIpc) is 2.62. The van der Waals surface area contributed by atoms with Gasteiger partial charge in [-0.15, -0.1) is 0 Å². The maximum Gasteiger partial charge on any atom is 0.315 e. The topological polar surface area (TPSA) is 81.9 Å². The Hall–Kier alpha value is -2.41. The minimum Gasteiger partial charge on any atom is -0.493 e. The van der Waals surface area contributed by atoms with Crippen molar-refractivity contribution in [3.05, 3.63) is 33.4 Å². The molecule has 0 atom stereocenters. The largest absolute Gasteiger partial charge is 0.493 e. The maximum absolute atomic E-state index is 12.2. The van der Waals surface area contributed by atoms with Crippen LogP contribution < -0.4 is 9.47 Å². The molecule has 0 N–H and O–H groups in total. The van der Waals surface area contributed by atoms with Gasteiger partial charge in [0.05, 0.1) is 18.6 Å². The van der Waals surface area contributed by atoms with E-state index in [1.165, 1.54) is 13.2 Å². The first-order chi connectivity index (χ1) is 12.5. The molecule has 2 rings (SSSR count). The normalized spacial score (nSPS) is 16.7. The van der Waals surface area contributed by atoms with E-state index >= 15 is 0 Å². The van der Waals surface area contributed by atoms with E-state index in [1.807, 2.05) is 6.92 Å². The first-order valence-electron chi connectivity index (χ1n) is 8.95. The third-order valence-electron chi connectivity index (χ3n) is 4.21. The van der Waals surface area contributed by atoms with Crippen molar-refractivity contribution < 1.29 is 19.2 Å². The molecule has 1 fully saturated rings. The molecule has 1 saturated heterocycles. The van der Waals surface area contributed by atoms with E-state index in [0.29, 0.717) is 36.5 Å². The second-order valence-electron chi connectivity index (χ2n) is 6.30. The van der Waals surface area contributed by atoms with E-state index in [4.69, 9.17) is 9.47 Å². The molecular weight excluding hydrogens is 336 g/mol. The van der Waals surface area contributed by atoms with Crippen molar-refractivity contribution in [3.63, 3.8) is 0 Å². The third-order valence-corrected chi connectivity index (χ3v) is 4.21. The van der Waals surface area contributed by atoms with Crippen LogP contribution >= 0.6 is 0 Å². The van der Waals surface area contributed by atoms with Gasteiger partial charge in [-0.1, -0.05) is 13.8 Å². The highest BCUT2D eigenvalue weighted by Gasteiger charge is 2.24. The zero-order chi connectivity index (χ0) is 19.1. The van der Waals surface area contributed by atoms with Gasteiger partial charge in [-0.05, 0) is 37.1 Å². The zero-order valence-electron chi connectivity index (χ0n) is 15.6. The molecule has 1 aromatic carbocycles. The lowest BCUT2D eigenvalue weighted by Crippen LogP contribution is -2.36. The van der Waals surface area contributed by atoms with Crippen LogP contribution in [0.25, 0.3) is 6.08 Å². The molecule has 1 aliphatic heterocycles. The monoisotopic (exact) mass is 362 g/mol. The summed E-state index contributed by atoms with van der Waals surface area (Å²) in [6, 6.07) is 3.11. The highest BCUT2D eigenvalue weighted by atomic mass is 16.6. The van der Waals surface area contributed by atoms with Crippen LogP contribution in [0, 0.1) is 10.1 Å². The van der Waals surface area contributed by atoms with Gasteiger partial charge in [0.1, 0.15) is 0 Å². The maximum atomic E-state index is 12.2. The SMILES string of the molecule is CCCOc1c(OC)cc(/C=C2\CN(CCC)CCC2=O)cc1[N+](=O)[O-]. The summed E-state index contributed by atoms with van der Waals surface area (Å²) in [5.74, 6) is 0.516. The van der Waals surface area contributed by atoms with Crippen molar-refractivity contribution in [2.75, 3.05) is 33.4 Å². The Bertz CT molecular complexity index is 699. The molecule has 1 aliphatic rings. The van der Waals surface area contributed by atoms with Gasteiger partial charge in [-0.3, -0.25) is 19.8 Å². The Morgan fingerprint density at radius 1 is 1.31 bits per heavy atom. The number of rotatable bonds is 8. The van der Waals surface area contributed by atoms with Crippen LogP contribution in [0.3, 0.4) is 0 Å². The zero-order valence-corrected chi connectivity index (χ0v) is 15.6. The van der Waals surface area contributed by atoms with E-state index in [1.54, 1.807) is 12.1 Å². The van der Waals surface area contributed by atoms with Crippen LogP contribution in [0.1, 0.15) is 38.7 Å². The predicted octanol–water partition coefficient (Wildman–Crippen LogP) is 3.46. The molecule has 1 aromatic rings. The van der Waals surface area contributed by atoms with Gasteiger partial charge in [0.15, 0.2) is 11.5 Å². The Morgan fingerprint density at radius 3 is 2.69 bits per heavy atom. The molecule has 0 aliphatic carbocycles. The fourth-order valence-electron chi connectivity index (χ4n) is 2.99. The predicted molar refractivity (Wildman–Crippen MR) is 99.8 cm³/mol. The van der Waals surface area contributed by atoms with E-state index in [-0.39, 0.29) is 17.2 Å². The van der Waals surface area contributed by atoms with Crippen LogP contribution in [0.15, 0.2) is 17.7 Å². The van der Waals surface area contributed by atoms with Crippen LogP contribution in [0.4, 0.5) is 5.69 Å². The minimum absolute atomic E-state index is 0.0882. The highest BCUT2D eigenvalue weighted by molar-refractivity contribution is 6.00. The van der Waals surface area contributed by atoms with Gasteiger partial charge in [-0.25, -0.2) is 0 Å². The number of Topliss-reactive ketones (excluding diaryl/α,β-unsaturated/α-hetero) is 1. The first-order valence-corrected chi connectivity index (χ1v) is 8.95. The molecule has 0 amide bonds. The van der Waals surface area contributed by atoms with Crippen LogP contribution in [0.5, 0.6) is 11.5 Å². The van der Waals surface area contributed by atoms with Gasteiger partial charge in [0.2, 0.25) is 5.75 Å². The smallest absolute Gasteiger partial charge is 0.315 e. The summed E-state index contributed by atoms with van der Waals surface area (Å²) < 4.78 is 10.8. The lowest BCUT2D eigenvalue weighted by Gasteiger charge is -2.27. The molecule has 0 aromatic heterocycles. The van der Waals surface area contributed by atoms with Gasteiger partial charge in [0.25, 0.3) is 0 Å². The second-order valence-corrected chi connectivity index (χ2v) is 6.30. The number of ketones is 1. The number of carbonyl (C=O) groups is 1. The van der Waals surface area contributed by atoms with Crippen molar-refractivity contribution in [1.29, 1.82) is 0 Å². The summed E-state index contributed by atoms with van der Waals surface area (Å²) in [6.45, 7) is 6.64. The summed E-state index contributed by atoms with van der Waals surface area (Å²) in [5.41, 5.74) is 1.08. The number of carbonyl (C=O) groups excluding carboxylic acids is 1. The fraction of sp³-hybridized carbons (Fsp3) is 0.526. The lowest BCUT2D eigenvalue weighted by atomic mass is 9.99. The van der Waals surface area contributed by atoms with E-state index in [2.05, 4.69) is 11.8 Å². The summed E-state index contributed by atoms with van der Waals surface area (Å²) in [6.07, 6.45) is 3.95. The lowest BCUT2D eigenvalue weighted by molar-refractivity contribution is -0.386. The number of benzene rings is 1. The number of nitrogens with zero attached hydrogens (tertiary/aromatic N) is 2. The Balaban J connectivity index is 2.40. The molecule has 0 spiro atoms. The minimum atomic E-state index is -0.485. The number of piperidine rings is 1. The van der Waals surface area contributed by atoms with Crippen molar-refractivity contribution in [3.8, 4) is 11.5 Å². The molecular formula is C19H26N2O5. The van der Waals surface area contributed by atoms with E-state index < -0.39 is 4.92 Å².